The van der Waals surface area contributed by atoms with Crippen LogP contribution in [0.1, 0.15) is 38.8 Å². The van der Waals surface area contributed by atoms with Crippen LogP contribution < -0.4 is 27.5 Å². The SMILES string of the molecule is CP(C)(=O)c1cc(Br)ccc1N.Cc1ccccc1-c1ccc(N)c(P(C)(C)=O)c1.Cc1ccccc1B1OC(C)(C)C(C)(C)O1. The van der Waals surface area contributed by atoms with Crippen LogP contribution in [-0.2, 0) is 18.4 Å². The number of hydrogen-bond donors (Lipinski definition) is 2. The second-order valence-corrected chi connectivity index (χ2v) is 20.7. The summed E-state index contributed by atoms with van der Waals surface area (Å²) in [6.07, 6.45) is 0. The monoisotopic (exact) mass is 724 g/mol. The predicted octanol–water partition coefficient (Wildman–Crippen LogP) is 8.07. The Kier molecular flexibility index (Phi) is 12.1. The van der Waals surface area contributed by atoms with Gasteiger partial charge in [0.15, 0.2) is 0 Å². The molecule has 0 radical (unpaired) electrons. The molecule has 0 aromatic heterocycles. The molecule has 246 valence electrons. The molecule has 6 nitrogen and oxygen atoms in total. The molecule has 1 fully saturated rings. The summed E-state index contributed by atoms with van der Waals surface area (Å²) >= 11 is 3.31. The molecule has 0 aliphatic carbocycles. The van der Waals surface area contributed by atoms with Gasteiger partial charge in [0, 0.05) is 26.5 Å². The van der Waals surface area contributed by atoms with Crippen molar-refractivity contribution in [3.05, 3.63) is 101 Å². The fourth-order valence-electron chi connectivity index (χ4n) is 4.88. The minimum atomic E-state index is -2.34. The van der Waals surface area contributed by atoms with E-state index in [1.54, 1.807) is 32.7 Å². The number of aryl methyl sites for hydroxylation is 2. The van der Waals surface area contributed by atoms with E-state index in [1.807, 2.05) is 54.6 Å². The zero-order valence-electron chi connectivity index (χ0n) is 28.7. The van der Waals surface area contributed by atoms with Crippen molar-refractivity contribution in [2.75, 3.05) is 38.1 Å². The first kappa shape index (κ1) is 37.9. The van der Waals surface area contributed by atoms with Crippen LogP contribution >= 0.6 is 30.2 Å². The molecule has 5 rings (SSSR count). The lowest BCUT2D eigenvalue weighted by Crippen LogP contribution is -2.41. The maximum Gasteiger partial charge on any atom is 0.495 e. The first-order chi connectivity index (χ1) is 21.1. The van der Waals surface area contributed by atoms with Gasteiger partial charge in [-0.05, 0) is 121 Å². The van der Waals surface area contributed by atoms with Gasteiger partial charge in [0.05, 0.1) is 11.2 Å². The Bertz CT molecular complexity index is 1770. The Morgan fingerprint density at radius 3 is 1.59 bits per heavy atom. The molecule has 1 saturated heterocycles. The van der Waals surface area contributed by atoms with Gasteiger partial charge >= 0.3 is 7.12 Å². The Morgan fingerprint density at radius 2 is 1.11 bits per heavy atom. The summed E-state index contributed by atoms with van der Waals surface area (Å²) in [5.41, 5.74) is 18.1. The van der Waals surface area contributed by atoms with Gasteiger partial charge < -0.3 is 29.9 Å². The van der Waals surface area contributed by atoms with Gasteiger partial charge in [-0.3, -0.25) is 0 Å². The number of rotatable bonds is 4. The first-order valence-corrected chi connectivity index (χ1v) is 21.2. The molecule has 46 heavy (non-hydrogen) atoms. The van der Waals surface area contributed by atoms with Crippen molar-refractivity contribution in [2.24, 2.45) is 0 Å². The molecule has 1 heterocycles. The van der Waals surface area contributed by atoms with Crippen LogP contribution in [0, 0.1) is 13.8 Å². The molecule has 0 amide bonds. The highest BCUT2D eigenvalue weighted by Gasteiger charge is 2.51. The van der Waals surface area contributed by atoms with E-state index in [0.717, 1.165) is 31.7 Å². The lowest BCUT2D eigenvalue weighted by Gasteiger charge is -2.32. The molecule has 0 atom stereocenters. The molecule has 0 unspecified atom stereocenters. The van der Waals surface area contributed by atoms with Gasteiger partial charge in [-0.2, -0.15) is 0 Å². The third-order valence-electron chi connectivity index (χ3n) is 8.33. The number of benzene rings is 4. The number of nitrogens with two attached hydrogens (primary N) is 2. The van der Waals surface area contributed by atoms with Crippen LogP contribution in [-0.4, -0.2) is 45.0 Å². The zero-order chi connectivity index (χ0) is 34.7. The quantitative estimate of drug-likeness (QED) is 0.125. The van der Waals surface area contributed by atoms with Gasteiger partial charge in [0.25, 0.3) is 0 Å². The molecule has 0 bridgehead atoms. The summed E-state index contributed by atoms with van der Waals surface area (Å²) in [5.74, 6) is 0. The molecule has 4 aromatic carbocycles. The highest BCUT2D eigenvalue weighted by Crippen LogP contribution is 2.39. The molecule has 10 heteroatoms. The van der Waals surface area contributed by atoms with E-state index in [0.29, 0.717) is 11.4 Å². The number of halogens is 1. The van der Waals surface area contributed by atoms with E-state index in [-0.39, 0.29) is 18.3 Å². The molecular weight excluding hydrogens is 677 g/mol. The lowest BCUT2D eigenvalue weighted by molar-refractivity contribution is 0.00578. The molecule has 0 spiro atoms. The maximum absolute atomic E-state index is 12.2. The number of hydrogen-bond acceptors (Lipinski definition) is 6. The first-order valence-electron chi connectivity index (χ1n) is 15.2. The summed E-state index contributed by atoms with van der Waals surface area (Å²) in [6, 6.07) is 27.6. The minimum absolute atomic E-state index is 0.244. The molecule has 1 aliphatic heterocycles. The van der Waals surface area contributed by atoms with Gasteiger partial charge in [0.2, 0.25) is 0 Å². The summed E-state index contributed by atoms with van der Waals surface area (Å²) in [5, 5.41) is 1.51. The van der Waals surface area contributed by atoms with Crippen LogP contribution in [0.15, 0.2) is 89.4 Å². The number of nitrogen functional groups attached to an aromatic ring is 2. The van der Waals surface area contributed by atoms with E-state index < -0.39 is 14.3 Å². The molecule has 4 aromatic rings. The van der Waals surface area contributed by atoms with Crippen LogP contribution in [0.25, 0.3) is 11.1 Å². The van der Waals surface area contributed by atoms with Crippen molar-refractivity contribution in [3.8, 4) is 11.1 Å². The normalized spacial score (nSPS) is 15.3. The van der Waals surface area contributed by atoms with Gasteiger partial charge in [-0.15, -0.1) is 0 Å². The smallest absolute Gasteiger partial charge is 0.399 e. The van der Waals surface area contributed by atoms with E-state index in [9.17, 15) is 9.13 Å². The van der Waals surface area contributed by atoms with Gasteiger partial charge in [-0.25, -0.2) is 0 Å². The van der Waals surface area contributed by atoms with Crippen LogP contribution in [0.4, 0.5) is 11.4 Å². The molecule has 4 N–H and O–H groups in total. The second kappa shape index (κ2) is 14.7. The van der Waals surface area contributed by atoms with Crippen LogP contribution in [0.2, 0.25) is 0 Å². The van der Waals surface area contributed by atoms with E-state index in [4.69, 9.17) is 20.8 Å². The minimum Gasteiger partial charge on any atom is -0.399 e. The average molecular weight is 725 g/mol. The Hall–Kier alpha value is -2.60. The molecule has 0 saturated carbocycles. The fraction of sp³-hybridized carbons (Fsp3) is 0.333. The second-order valence-electron chi connectivity index (χ2n) is 13.4. The standard InChI is InChI=1S/C15H18NOP.C13H19BO2.C8H11BrNOP/c1-11-6-4-5-7-13(11)12-8-9-14(16)15(10-12)18(2,3)17;1-10-8-6-7-9-11(10)14-15-12(2,3)13(4,5)16-14;1-12(2,11)8-5-6(9)3-4-7(8)10/h4-10H,16H2,1-3H3;6-9H,1-5H3;3-5H,10H2,1-2H3. The highest BCUT2D eigenvalue weighted by molar-refractivity contribution is 9.10. The van der Waals surface area contributed by atoms with Crippen LogP contribution in [0.5, 0.6) is 0 Å². The highest BCUT2D eigenvalue weighted by atomic mass is 79.9. The van der Waals surface area contributed by atoms with Crippen LogP contribution in [0.3, 0.4) is 0 Å². The fourth-order valence-corrected chi connectivity index (χ4v) is 7.71. The summed E-state index contributed by atoms with van der Waals surface area (Å²) in [4.78, 5) is 0. The zero-order valence-corrected chi connectivity index (χ0v) is 32.1. The van der Waals surface area contributed by atoms with Crippen molar-refractivity contribution in [1.29, 1.82) is 0 Å². The molecule has 1 aliphatic rings. The lowest BCUT2D eigenvalue weighted by atomic mass is 9.76. The van der Waals surface area contributed by atoms with Gasteiger partial charge in [0.1, 0.15) is 14.3 Å². The Labute approximate surface area is 284 Å². The topological polar surface area (TPSA) is 105 Å². The van der Waals surface area contributed by atoms with Crippen molar-refractivity contribution >= 4 is 64.8 Å². The number of anilines is 2. The van der Waals surface area contributed by atoms with E-state index in [2.05, 4.69) is 81.7 Å². The maximum atomic E-state index is 12.2. The Balaban J connectivity index is 0.000000192. The summed E-state index contributed by atoms with van der Waals surface area (Å²) in [6.45, 7) is 19.4. The van der Waals surface area contributed by atoms with Crippen molar-refractivity contribution in [2.45, 2.75) is 52.7 Å². The Morgan fingerprint density at radius 1 is 0.652 bits per heavy atom. The van der Waals surface area contributed by atoms with Crippen molar-refractivity contribution in [3.63, 3.8) is 0 Å². The average Bonchev–Trinajstić information content (AvgIpc) is 3.16. The van der Waals surface area contributed by atoms with Crippen molar-refractivity contribution < 1.29 is 18.4 Å². The van der Waals surface area contributed by atoms with Crippen molar-refractivity contribution in [1.82, 2.24) is 0 Å². The molecular formula is C36H48BBrN2O4P2. The van der Waals surface area contributed by atoms with Gasteiger partial charge in [-0.1, -0.05) is 76.1 Å². The third kappa shape index (κ3) is 9.49. The largest absolute Gasteiger partial charge is 0.495 e. The summed E-state index contributed by atoms with van der Waals surface area (Å²) < 4.78 is 36.8. The van der Waals surface area contributed by atoms with E-state index >= 15 is 0 Å². The third-order valence-corrected chi connectivity index (χ3v) is 11.9. The summed E-state index contributed by atoms with van der Waals surface area (Å²) in [7, 11) is -4.83. The predicted molar refractivity (Wildman–Crippen MR) is 205 cm³/mol. The van der Waals surface area contributed by atoms with E-state index in [1.165, 1.54) is 11.1 Å².